The summed E-state index contributed by atoms with van der Waals surface area (Å²) in [6.45, 7) is 1.33. The van der Waals surface area contributed by atoms with Crippen LogP contribution in [0.15, 0.2) is 120 Å². The molecule has 0 aromatic heterocycles. The van der Waals surface area contributed by atoms with Crippen LogP contribution in [-0.2, 0) is 31.6 Å². The smallest absolute Gasteiger partial charge is 0.296 e. The van der Waals surface area contributed by atoms with Crippen LogP contribution in [0.3, 0.4) is 0 Å². The molecule has 1 amide bonds. The molecule has 1 unspecified atom stereocenters. The van der Waals surface area contributed by atoms with Gasteiger partial charge in [-0.3, -0.25) is 4.79 Å². The Labute approximate surface area is 241 Å². The Morgan fingerprint density at radius 3 is 1.88 bits per heavy atom. The van der Waals surface area contributed by atoms with Crippen molar-refractivity contribution >= 4 is 26.1 Å². The highest BCUT2D eigenvalue weighted by atomic mass is 32.3. The summed E-state index contributed by atoms with van der Waals surface area (Å²) in [5.41, 5.74) is 3.45. The van der Waals surface area contributed by atoms with Gasteiger partial charge in [0.2, 0.25) is 5.91 Å². The normalized spacial score (nSPS) is 17.5. The molecule has 1 saturated heterocycles. The number of carbonyl (C=O) groups excluding carboxylic acids is 1. The van der Waals surface area contributed by atoms with E-state index in [4.69, 9.17) is 0 Å². The molecule has 1 N–H and O–H groups in total. The van der Waals surface area contributed by atoms with E-state index in [9.17, 15) is 21.6 Å². The fourth-order valence-electron chi connectivity index (χ4n) is 4.94. The van der Waals surface area contributed by atoms with Gasteiger partial charge in [0, 0.05) is 19.0 Å². The minimum Gasteiger partial charge on any atom is -0.354 e. The van der Waals surface area contributed by atoms with Gasteiger partial charge < -0.3 is 5.32 Å². The molecule has 1 atom stereocenters. The van der Waals surface area contributed by atoms with Gasteiger partial charge in [0.1, 0.15) is 6.04 Å². The van der Waals surface area contributed by atoms with Gasteiger partial charge in [-0.05, 0) is 35.7 Å². The maximum atomic E-state index is 13.8. The molecule has 1 aliphatic rings. The summed E-state index contributed by atoms with van der Waals surface area (Å²) in [4.78, 5) is 13.6. The van der Waals surface area contributed by atoms with Crippen LogP contribution in [0.5, 0.6) is 0 Å². The topological polar surface area (TPSA) is 104 Å². The Balaban J connectivity index is 1.46. The van der Waals surface area contributed by atoms with Crippen molar-refractivity contribution in [3.05, 3.63) is 138 Å². The number of nitrogens with zero attached hydrogens (tertiary/aromatic N) is 2. The van der Waals surface area contributed by atoms with Crippen molar-refractivity contribution < 1.29 is 21.6 Å². The quantitative estimate of drug-likeness (QED) is 0.317. The molecule has 212 valence electrons. The van der Waals surface area contributed by atoms with Crippen molar-refractivity contribution in [2.45, 2.75) is 30.3 Å². The first kappa shape index (κ1) is 28.7. The molecular formula is C31H31N3O5S2. The summed E-state index contributed by atoms with van der Waals surface area (Å²) in [7, 11) is -9.01. The number of amides is 1. The van der Waals surface area contributed by atoms with Crippen molar-refractivity contribution in [3.8, 4) is 0 Å². The highest BCUT2D eigenvalue weighted by Gasteiger charge is 2.52. The monoisotopic (exact) mass is 589 g/mol. The van der Waals surface area contributed by atoms with Gasteiger partial charge in [-0.25, -0.2) is 8.42 Å². The molecular weight excluding hydrogens is 558 g/mol. The van der Waals surface area contributed by atoms with E-state index < -0.39 is 38.7 Å². The predicted octanol–water partition coefficient (Wildman–Crippen LogP) is 4.06. The van der Waals surface area contributed by atoms with Gasteiger partial charge in [-0.2, -0.15) is 12.7 Å². The molecule has 41 heavy (non-hydrogen) atoms. The third kappa shape index (κ3) is 6.11. The zero-order valence-electron chi connectivity index (χ0n) is 22.5. The molecule has 10 heteroatoms. The van der Waals surface area contributed by atoms with Crippen LogP contribution < -0.4 is 5.32 Å². The zero-order chi connectivity index (χ0) is 29.0. The first-order valence-electron chi connectivity index (χ1n) is 13.2. The summed E-state index contributed by atoms with van der Waals surface area (Å²) in [5.74, 6) is -0.752. The number of rotatable bonds is 9. The molecule has 8 nitrogen and oxygen atoms in total. The molecule has 4 aromatic rings. The highest BCUT2D eigenvalue weighted by molar-refractivity contribution is 8.03. The predicted molar refractivity (Wildman–Crippen MR) is 158 cm³/mol. The molecule has 0 bridgehead atoms. The maximum absolute atomic E-state index is 13.8. The van der Waals surface area contributed by atoms with E-state index in [0.29, 0.717) is 9.27 Å². The first-order chi connectivity index (χ1) is 19.7. The molecule has 1 heterocycles. The summed E-state index contributed by atoms with van der Waals surface area (Å²) in [6.07, 6.45) is 0. The Morgan fingerprint density at radius 2 is 1.34 bits per heavy atom. The number of nitrogens with one attached hydrogen (secondary N) is 1. The summed E-state index contributed by atoms with van der Waals surface area (Å²) < 4.78 is 56.1. The Hall–Kier alpha value is -3.83. The lowest BCUT2D eigenvalue weighted by molar-refractivity contribution is -0.124. The lowest BCUT2D eigenvalue weighted by atomic mass is 9.91. The minimum atomic E-state index is -4.56. The van der Waals surface area contributed by atoms with E-state index in [1.807, 2.05) is 67.6 Å². The van der Waals surface area contributed by atoms with Crippen LogP contribution >= 0.6 is 0 Å². The van der Waals surface area contributed by atoms with Crippen molar-refractivity contribution in [2.75, 3.05) is 13.1 Å². The lowest BCUT2D eigenvalue weighted by Gasteiger charge is -2.23. The molecule has 1 fully saturated rings. The largest absolute Gasteiger partial charge is 0.354 e. The second kappa shape index (κ2) is 12.0. The highest BCUT2D eigenvalue weighted by Crippen LogP contribution is 2.32. The minimum absolute atomic E-state index is 0.151. The number of hydrogen-bond donors (Lipinski definition) is 1. The molecule has 0 spiro atoms. The number of aryl methyl sites for hydroxylation is 1. The third-order valence-corrected chi connectivity index (χ3v) is 11.5. The van der Waals surface area contributed by atoms with Gasteiger partial charge in [-0.15, -0.1) is 0 Å². The molecule has 0 saturated carbocycles. The molecule has 5 rings (SSSR count). The second-order valence-corrected chi connectivity index (χ2v) is 13.8. The van der Waals surface area contributed by atoms with Crippen molar-refractivity contribution in [1.82, 2.24) is 13.3 Å². The zero-order valence-corrected chi connectivity index (χ0v) is 24.1. The van der Waals surface area contributed by atoms with Crippen LogP contribution in [0.25, 0.3) is 0 Å². The van der Waals surface area contributed by atoms with Crippen molar-refractivity contribution in [1.29, 1.82) is 0 Å². The van der Waals surface area contributed by atoms with Crippen LogP contribution in [-0.4, -0.2) is 49.9 Å². The van der Waals surface area contributed by atoms with E-state index in [1.165, 1.54) is 12.1 Å². The van der Waals surface area contributed by atoms with E-state index in [2.05, 4.69) is 5.32 Å². The van der Waals surface area contributed by atoms with Gasteiger partial charge in [0.05, 0.1) is 11.4 Å². The van der Waals surface area contributed by atoms with E-state index in [0.717, 1.165) is 21.0 Å². The van der Waals surface area contributed by atoms with Crippen LogP contribution in [0.4, 0.5) is 0 Å². The lowest BCUT2D eigenvalue weighted by Crippen LogP contribution is -2.46. The van der Waals surface area contributed by atoms with Gasteiger partial charge in [0.15, 0.2) is 0 Å². The van der Waals surface area contributed by atoms with E-state index >= 15 is 0 Å². The van der Waals surface area contributed by atoms with Gasteiger partial charge in [0.25, 0.3) is 20.2 Å². The van der Waals surface area contributed by atoms with E-state index in [1.54, 1.807) is 42.5 Å². The average Bonchev–Trinajstić information content (AvgIpc) is 3.25. The van der Waals surface area contributed by atoms with Crippen molar-refractivity contribution in [3.63, 3.8) is 0 Å². The average molecular weight is 590 g/mol. The Morgan fingerprint density at radius 1 is 0.829 bits per heavy atom. The fourth-order valence-corrected chi connectivity index (χ4v) is 8.86. The summed E-state index contributed by atoms with van der Waals surface area (Å²) in [5, 5.41) is 2.93. The SMILES string of the molecule is Cc1ccc(S(=O)(=O)N2CC(C(=O)NCC(c3ccccc3)c3ccccc3)N(Cc3ccccc3)S2(=O)=O)cc1. The van der Waals surface area contributed by atoms with Gasteiger partial charge in [-0.1, -0.05) is 112 Å². The van der Waals surface area contributed by atoms with Gasteiger partial charge >= 0.3 is 0 Å². The van der Waals surface area contributed by atoms with Crippen LogP contribution in [0, 0.1) is 6.92 Å². The second-order valence-electron chi connectivity index (χ2n) is 9.95. The summed E-state index contributed by atoms with van der Waals surface area (Å²) in [6, 6.07) is 32.9. The number of hydrogen-bond acceptors (Lipinski definition) is 5. The molecule has 0 aliphatic carbocycles. The third-order valence-electron chi connectivity index (χ3n) is 7.18. The van der Waals surface area contributed by atoms with Crippen molar-refractivity contribution in [2.24, 2.45) is 0 Å². The standard InChI is InChI=1S/C31H31N3O5S2/c1-24-17-19-28(20-18-24)40(36,37)34-23-30(33(41(34,38)39)22-25-11-5-2-6-12-25)31(35)32-21-29(26-13-7-3-8-14-26)27-15-9-4-10-16-27/h2-20,29-30H,21-23H2,1H3,(H,32,35). The Bertz CT molecular complexity index is 1660. The molecule has 0 radical (unpaired) electrons. The summed E-state index contributed by atoms with van der Waals surface area (Å²) >= 11 is 0. The number of sulfonamides is 1. The molecule has 1 aliphatic heterocycles. The fraction of sp³-hybridized carbons (Fsp3) is 0.194. The maximum Gasteiger partial charge on any atom is 0.296 e. The van der Waals surface area contributed by atoms with Crippen LogP contribution in [0.1, 0.15) is 28.2 Å². The van der Waals surface area contributed by atoms with E-state index in [-0.39, 0.29) is 23.9 Å². The number of carbonyl (C=O) groups is 1. The first-order valence-corrected chi connectivity index (χ1v) is 16.0. The molecule has 4 aromatic carbocycles. The number of benzene rings is 4. The Kier molecular flexibility index (Phi) is 8.37. The van der Waals surface area contributed by atoms with Crippen LogP contribution in [0.2, 0.25) is 0 Å².